The monoisotopic (exact) mass is 263 g/mol. The second-order valence-electron chi connectivity index (χ2n) is 4.96. The zero-order chi connectivity index (χ0) is 14.0. The summed E-state index contributed by atoms with van der Waals surface area (Å²) in [6.07, 6.45) is -0.687. The first kappa shape index (κ1) is 13.2. The van der Waals surface area contributed by atoms with Crippen molar-refractivity contribution >= 4 is 17.5 Å². The van der Waals surface area contributed by atoms with E-state index >= 15 is 0 Å². The highest BCUT2D eigenvalue weighted by atomic mass is 16.5. The van der Waals surface area contributed by atoms with Crippen LogP contribution in [0.15, 0.2) is 24.3 Å². The van der Waals surface area contributed by atoms with Gasteiger partial charge in [0.15, 0.2) is 6.10 Å². The molecule has 1 unspecified atom stereocenters. The third kappa shape index (κ3) is 2.78. The van der Waals surface area contributed by atoms with E-state index in [4.69, 9.17) is 10.5 Å². The fourth-order valence-corrected chi connectivity index (χ4v) is 1.71. The Hall–Kier alpha value is -2.24. The van der Waals surface area contributed by atoms with Crippen molar-refractivity contribution in [2.75, 3.05) is 11.9 Å². The number of carbonyl (C=O) groups is 2. The largest absolute Gasteiger partial charge is 0.477 e. The highest BCUT2D eigenvalue weighted by molar-refractivity contribution is 5.91. The van der Waals surface area contributed by atoms with Crippen LogP contribution in [0.5, 0.6) is 5.75 Å². The number of hydrogen-bond donors (Lipinski definition) is 3. The van der Waals surface area contributed by atoms with Crippen LogP contribution in [0.2, 0.25) is 0 Å². The third-order valence-corrected chi connectivity index (χ3v) is 2.98. The van der Waals surface area contributed by atoms with Gasteiger partial charge in [-0.05, 0) is 26.0 Å². The van der Waals surface area contributed by atoms with Gasteiger partial charge in [-0.15, -0.1) is 0 Å². The molecule has 1 aliphatic heterocycles. The zero-order valence-corrected chi connectivity index (χ0v) is 10.9. The molecule has 1 atom stereocenters. The van der Waals surface area contributed by atoms with Gasteiger partial charge in [-0.2, -0.15) is 0 Å². The molecule has 102 valence electrons. The zero-order valence-electron chi connectivity index (χ0n) is 10.9. The second-order valence-corrected chi connectivity index (χ2v) is 4.96. The van der Waals surface area contributed by atoms with Gasteiger partial charge in [-0.1, -0.05) is 12.1 Å². The van der Waals surface area contributed by atoms with Crippen molar-refractivity contribution in [1.29, 1.82) is 0 Å². The predicted molar refractivity (Wildman–Crippen MR) is 70.8 cm³/mol. The molecule has 0 spiro atoms. The molecule has 0 fully saturated rings. The normalized spacial score (nSPS) is 17.7. The van der Waals surface area contributed by atoms with E-state index in [0.717, 1.165) is 5.69 Å². The number of nitrogens with two attached hydrogens (primary N) is 1. The Morgan fingerprint density at radius 3 is 2.79 bits per heavy atom. The number of anilines is 1. The third-order valence-electron chi connectivity index (χ3n) is 2.98. The van der Waals surface area contributed by atoms with E-state index in [-0.39, 0.29) is 5.91 Å². The molecule has 1 aliphatic rings. The summed E-state index contributed by atoms with van der Waals surface area (Å²) < 4.78 is 5.59. The molecule has 6 heteroatoms. The van der Waals surface area contributed by atoms with Crippen molar-refractivity contribution in [1.82, 2.24) is 5.32 Å². The van der Waals surface area contributed by atoms with Crippen molar-refractivity contribution < 1.29 is 14.3 Å². The molecule has 0 radical (unpaired) electrons. The number of para-hydroxylation sites is 2. The molecule has 2 rings (SSSR count). The quantitative estimate of drug-likeness (QED) is 0.728. The number of rotatable bonds is 3. The number of benzene rings is 1. The Morgan fingerprint density at radius 1 is 1.42 bits per heavy atom. The molecule has 19 heavy (non-hydrogen) atoms. The summed E-state index contributed by atoms with van der Waals surface area (Å²) in [6.45, 7) is 3.45. The Morgan fingerprint density at radius 2 is 2.11 bits per heavy atom. The maximum Gasteiger partial charge on any atom is 0.263 e. The number of fused-ring (bicyclic) bond motifs is 1. The number of amides is 2. The molecule has 0 bridgehead atoms. The highest BCUT2D eigenvalue weighted by Gasteiger charge is 2.32. The van der Waals surface area contributed by atoms with Crippen LogP contribution in [0.3, 0.4) is 0 Å². The van der Waals surface area contributed by atoms with Crippen LogP contribution in [0.4, 0.5) is 5.69 Å². The number of ether oxygens (including phenoxy) is 1. The van der Waals surface area contributed by atoms with Gasteiger partial charge in [0.05, 0.1) is 12.2 Å². The van der Waals surface area contributed by atoms with Crippen molar-refractivity contribution in [3.05, 3.63) is 24.3 Å². The summed E-state index contributed by atoms with van der Waals surface area (Å²) in [5.74, 6) is -0.346. The molecule has 1 heterocycles. The van der Waals surface area contributed by atoms with E-state index in [1.807, 2.05) is 18.2 Å². The van der Waals surface area contributed by atoms with Crippen molar-refractivity contribution in [2.45, 2.75) is 25.5 Å². The number of hydrogen-bond acceptors (Lipinski definition) is 4. The minimum atomic E-state index is -1.10. The van der Waals surface area contributed by atoms with Gasteiger partial charge in [0, 0.05) is 0 Å². The summed E-state index contributed by atoms with van der Waals surface area (Å²) in [6, 6.07) is 7.36. The summed E-state index contributed by atoms with van der Waals surface area (Å²) in [5.41, 5.74) is 4.96. The Balaban J connectivity index is 2.05. The molecule has 6 nitrogen and oxygen atoms in total. The lowest BCUT2D eigenvalue weighted by Crippen LogP contribution is -2.57. The Bertz CT molecular complexity index is 514. The van der Waals surface area contributed by atoms with Crippen molar-refractivity contribution in [3.8, 4) is 5.75 Å². The van der Waals surface area contributed by atoms with Gasteiger partial charge in [-0.25, -0.2) is 0 Å². The van der Waals surface area contributed by atoms with Crippen molar-refractivity contribution in [3.63, 3.8) is 0 Å². The highest BCUT2D eigenvalue weighted by Crippen LogP contribution is 2.28. The Kier molecular flexibility index (Phi) is 3.33. The van der Waals surface area contributed by atoms with E-state index in [2.05, 4.69) is 10.6 Å². The lowest BCUT2D eigenvalue weighted by Gasteiger charge is -2.29. The maximum absolute atomic E-state index is 12.0. The molecular weight excluding hydrogens is 246 g/mol. The number of nitrogens with one attached hydrogen (secondary N) is 2. The first-order valence-electron chi connectivity index (χ1n) is 6.01. The van der Waals surface area contributed by atoms with Gasteiger partial charge in [0.25, 0.3) is 5.91 Å². The van der Waals surface area contributed by atoms with Crippen LogP contribution < -0.4 is 21.1 Å². The van der Waals surface area contributed by atoms with Crippen LogP contribution >= 0.6 is 0 Å². The average Bonchev–Trinajstić information content (AvgIpc) is 2.37. The second kappa shape index (κ2) is 4.79. The number of primary amides is 1. The average molecular weight is 263 g/mol. The predicted octanol–water partition coefficient (Wildman–Crippen LogP) is 0.240. The molecule has 2 amide bonds. The SMILES string of the molecule is CC(C)(NC(=O)C1CNc2ccccc2O1)C(N)=O. The van der Waals surface area contributed by atoms with Crippen LogP contribution in [-0.4, -0.2) is 30.0 Å². The van der Waals surface area contributed by atoms with Crippen LogP contribution in [0.25, 0.3) is 0 Å². The van der Waals surface area contributed by atoms with Gasteiger partial charge in [0.2, 0.25) is 5.91 Å². The lowest BCUT2D eigenvalue weighted by molar-refractivity contribution is -0.134. The molecule has 0 aliphatic carbocycles. The summed E-state index contributed by atoms with van der Waals surface area (Å²) in [5, 5.41) is 5.68. The summed E-state index contributed by atoms with van der Waals surface area (Å²) >= 11 is 0. The molecular formula is C13H17N3O3. The van der Waals surface area contributed by atoms with Crippen LogP contribution in [0, 0.1) is 0 Å². The summed E-state index contributed by atoms with van der Waals surface area (Å²) in [7, 11) is 0. The molecule has 0 saturated carbocycles. The van der Waals surface area contributed by atoms with E-state index in [1.54, 1.807) is 19.9 Å². The van der Waals surface area contributed by atoms with Crippen LogP contribution in [-0.2, 0) is 9.59 Å². The first-order valence-corrected chi connectivity index (χ1v) is 6.01. The molecule has 0 aromatic heterocycles. The molecule has 4 N–H and O–H groups in total. The van der Waals surface area contributed by atoms with E-state index in [9.17, 15) is 9.59 Å². The number of carbonyl (C=O) groups excluding carboxylic acids is 2. The fraction of sp³-hybridized carbons (Fsp3) is 0.385. The lowest BCUT2D eigenvalue weighted by atomic mass is 10.0. The first-order chi connectivity index (χ1) is 8.90. The minimum absolute atomic E-state index is 0.345. The van der Waals surface area contributed by atoms with Crippen LogP contribution in [0.1, 0.15) is 13.8 Å². The maximum atomic E-state index is 12.0. The van der Waals surface area contributed by atoms with Gasteiger partial charge < -0.3 is 21.1 Å². The van der Waals surface area contributed by atoms with E-state index in [0.29, 0.717) is 12.3 Å². The van der Waals surface area contributed by atoms with Gasteiger partial charge in [0.1, 0.15) is 11.3 Å². The standard InChI is InChI=1S/C13H17N3O3/c1-13(2,12(14)18)16-11(17)10-7-15-8-5-3-4-6-9(8)19-10/h3-6,10,15H,7H2,1-2H3,(H2,14,18)(H,16,17). The fourth-order valence-electron chi connectivity index (χ4n) is 1.71. The summed E-state index contributed by atoms with van der Waals surface area (Å²) in [4.78, 5) is 23.2. The molecule has 0 saturated heterocycles. The van der Waals surface area contributed by atoms with Crippen molar-refractivity contribution in [2.24, 2.45) is 5.73 Å². The van der Waals surface area contributed by atoms with Gasteiger partial charge >= 0.3 is 0 Å². The minimum Gasteiger partial charge on any atom is -0.477 e. The molecule has 1 aromatic rings. The van der Waals surface area contributed by atoms with E-state index < -0.39 is 17.6 Å². The van der Waals surface area contributed by atoms with E-state index in [1.165, 1.54) is 0 Å². The smallest absolute Gasteiger partial charge is 0.263 e. The van der Waals surface area contributed by atoms with Gasteiger partial charge in [-0.3, -0.25) is 9.59 Å². The molecule has 1 aromatic carbocycles. The Labute approximate surface area is 111 Å². The topological polar surface area (TPSA) is 93.4 Å².